The lowest BCUT2D eigenvalue weighted by atomic mass is 9.92. The van der Waals surface area contributed by atoms with Gasteiger partial charge in [-0.15, -0.1) is 0 Å². The van der Waals surface area contributed by atoms with E-state index >= 15 is 0 Å². The zero-order chi connectivity index (χ0) is 18.2. The molecule has 0 saturated heterocycles. The van der Waals surface area contributed by atoms with Crippen LogP contribution in [0.15, 0.2) is 28.8 Å². The Morgan fingerprint density at radius 3 is 2.96 bits per heavy atom. The SMILES string of the molecule is CCOCCCNC(=O)C1=CC2=NC(=S)N(CCOC)C(=O)C2C=C1. The number of amides is 2. The first-order valence-corrected chi connectivity index (χ1v) is 8.68. The highest BCUT2D eigenvalue weighted by atomic mass is 32.1. The number of hydrogen-bond donors (Lipinski definition) is 1. The van der Waals surface area contributed by atoms with E-state index in [1.807, 2.05) is 6.92 Å². The fourth-order valence-corrected chi connectivity index (χ4v) is 2.78. The molecule has 0 spiro atoms. The maximum absolute atomic E-state index is 12.5. The van der Waals surface area contributed by atoms with Gasteiger partial charge in [-0.1, -0.05) is 12.2 Å². The van der Waals surface area contributed by atoms with Gasteiger partial charge in [-0.2, -0.15) is 0 Å². The van der Waals surface area contributed by atoms with E-state index < -0.39 is 5.92 Å². The molecule has 0 bridgehead atoms. The standard InChI is InChI=1S/C17H23N3O4S/c1-3-24-9-4-7-18-15(21)12-5-6-13-14(11-12)19-17(25)20(16(13)22)8-10-23-2/h5-6,11,13H,3-4,7-10H2,1-2H3,(H,18,21). The van der Waals surface area contributed by atoms with E-state index in [1.165, 1.54) is 4.90 Å². The van der Waals surface area contributed by atoms with Crippen molar-refractivity contribution in [1.29, 1.82) is 0 Å². The van der Waals surface area contributed by atoms with Crippen LogP contribution >= 0.6 is 12.2 Å². The molecule has 2 rings (SSSR count). The van der Waals surface area contributed by atoms with E-state index in [0.717, 1.165) is 6.42 Å². The maximum Gasteiger partial charge on any atom is 0.251 e. The third kappa shape index (κ3) is 5.04. The summed E-state index contributed by atoms with van der Waals surface area (Å²) >= 11 is 5.19. The first kappa shape index (κ1) is 19.4. The molecule has 7 nitrogen and oxygen atoms in total. The molecule has 1 N–H and O–H groups in total. The number of carbonyl (C=O) groups excluding carboxylic acids is 2. The number of rotatable bonds is 9. The summed E-state index contributed by atoms with van der Waals surface area (Å²) in [6.45, 7) is 4.49. The molecule has 1 aliphatic carbocycles. The van der Waals surface area contributed by atoms with Crippen LogP contribution in [0, 0.1) is 5.92 Å². The molecule has 1 heterocycles. The van der Waals surface area contributed by atoms with Crippen molar-refractivity contribution >= 4 is 34.9 Å². The second kappa shape index (κ2) is 9.55. The molecule has 1 aliphatic heterocycles. The van der Waals surface area contributed by atoms with Crippen molar-refractivity contribution in [3.63, 3.8) is 0 Å². The Kier molecular flexibility index (Phi) is 7.42. The smallest absolute Gasteiger partial charge is 0.251 e. The Morgan fingerprint density at radius 1 is 1.44 bits per heavy atom. The second-order valence-electron chi connectivity index (χ2n) is 5.54. The normalized spacial score (nSPS) is 19.4. The van der Waals surface area contributed by atoms with Gasteiger partial charge in [0.2, 0.25) is 11.0 Å². The average Bonchev–Trinajstić information content (AvgIpc) is 2.60. The van der Waals surface area contributed by atoms with Crippen LogP contribution in [0.3, 0.4) is 0 Å². The second-order valence-corrected chi connectivity index (χ2v) is 5.91. The fourth-order valence-electron chi connectivity index (χ4n) is 2.49. The van der Waals surface area contributed by atoms with Crippen molar-refractivity contribution in [2.45, 2.75) is 13.3 Å². The van der Waals surface area contributed by atoms with Gasteiger partial charge < -0.3 is 14.8 Å². The van der Waals surface area contributed by atoms with Crippen molar-refractivity contribution in [2.24, 2.45) is 10.9 Å². The van der Waals surface area contributed by atoms with Crippen LogP contribution in [0.4, 0.5) is 0 Å². The van der Waals surface area contributed by atoms with E-state index in [0.29, 0.717) is 44.2 Å². The van der Waals surface area contributed by atoms with Crippen LogP contribution in [0.5, 0.6) is 0 Å². The number of ether oxygens (including phenoxy) is 2. The zero-order valence-corrected chi connectivity index (χ0v) is 15.3. The Balaban J connectivity index is 1.99. The van der Waals surface area contributed by atoms with Gasteiger partial charge in [0.1, 0.15) is 0 Å². The highest BCUT2D eigenvalue weighted by molar-refractivity contribution is 7.80. The van der Waals surface area contributed by atoms with Crippen molar-refractivity contribution in [3.05, 3.63) is 23.8 Å². The highest BCUT2D eigenvalue weighted by Gasteiger charge is 2.34. The van der Waals surface area contributed by atoms with E-state index in [2.05, 4.69) is 10.3 Å². The van der Waals surface area contributed by atoms with Crippen molar-refractivity contribution in [2.75, 3.05) is 40.0 Å². The van der Waals surface area contributed by atoms with Crippen LogP contribution < -0.4 is 5.32 Å². The molecule has 2 aliphatic rings. The van der Waals surface area contributed by atoms with Crippen molar-refractivity contribution in [1.82, 2.24) is 10.2 Å². The van der Waals surface area contributed by atoms with Crippen molar-refractivity contribution in [3.8, 4) is 0 Å². The third-order valence-electron chi connectivity index (χ3n) is 3.81. The molecular weight excluding hydrogens is 342 g/mol. The molecule has 136 valence electrons. The minimum absolute atomic E-state index is 0.143. The summed E-state index contributed by atoms with van der Waals surface area (Å²) in [7, 11) is 1.56. The fraction of sp³-hybridized carbons (Fsp3) is 0.529. The van der Waals surface area contributed by atoms with Crippen LogP contribution in [0.2, 0.25) is 0 Å². The predicted molar refractivity (Wildman–Crippen MR) is 98.5 cm³/mol. The first-order valence-electron chi connectivity index (χ1n) is 8.27. The largest absolute Gasteiger partial charge is 0.383 e. The third-order valence-corrected chi connectivity index (χ3v) is 4.13. The van der Waals surface area contributed by atoms with Crippen LogP contribution in [0.1, 0.15) is 13.3 Å². The molecule has 25 heavy (non-hydrogen) atoms. The van der Waals surface area contributed by atoms with Gasteiger partial charge in [-0.05, 0) is 31.6 Å². The van der Waals surface area contributed by atoms with Crippen LogP contribution in [-0.4, -0.2) is 67.6 Å². The lowest BCUT2D eigenvalue weighted by Crippen LogP contribution is -2.47. The molecule has 0 radical (unpaired) electrons. The minimum atomic E-state index is -0.502. The summed E-state index contributed by atoms with van der Waals surface area (Å²) < 4.78 is 10.2. The Hall–Kier alpha value is -1.90. The van der Waals surface area contributed by atoms with E-state index in [9.17, 15) is 9.59 Å². The number of nitrogens with one attached hydrogen (secondary N) is 1. The summed E-state index contributed by atoms with van der Waals surface area (Å²) in [5, 5.41) is 3.03. The van der Waals surface area contributed by atoms with Crippen LogP contribution in [-0.2, 0) is 19.1 Å². The Bertz CT molecular complexity index is 627. The molecule has 1 unspecified atom stereocenters. The summed E-state index contributed by atoms with van der Waals surface area (Å²) in [6.07, 6.45) is 5.72. The maximum atomic E-state index is 12.5. The summed E-state index contributed by atoms with van der Waals surface area (Å²) in [6, 6.07) is 0. The number of aliphatic imine (C=N–C) groups is 1. The van der Waals surface area contributed by atoms with Gasteiger partial charge in [-0.25, -0.2) is 4.99 Å². The monoisotopic (exact) mass is 365 g/mol. The molecule has 0 saturated carbocycles. The summed E-state index contributed by atoms with van der Waals surface area (Å²) in [5.41, 5.74) is 0.970. The first-order chi connectivity index (χ1) is 12.1. The van der Waals surface area contributed by atoms with E-state index in [-0.39, 0.29) is 16.9 Å². The number of allylic oxidation sites excluding steroid dienone is 1. The van der Waals surface area contributed by atoms with Gasteiger partial charge in [0.15, 0.2) is 0 Å². The van der Waals surface area contributed by atoms with E-state index in [1.54, 1.807) is 25.3 Å². The van der Waals surface area contributed by atoms with Gasteiger partial charge in [0, 0.05) is 32.4 Å². The zero-order valence-electron chi connectivity index (χ0n) is 14.5. The summed E-state index contributed by atoms with van der Waals surface area (Å²) in [4.78, 5) is 30.5. The van der Waals surface area contributed by atoms with Gasteiger partial charge >= 0.3 is 0 Å². The van der Waals surface area contributed by atoms with Gasteiger partial charge in [0.05, 0.1) is 24.8 Å². The minimum Gasteiger partial charge on any atom is -0.383 e. The highest BCUT2D eigenvalue weighted by Crippen LogP contribution is 2.22. The number of methoxy groups -OCH3 is 1. The quantitative estimate of drug-likeness (QED) is 0.484. The van der Waals surface area contributed by atoms with Gasteiger partial charge in [0.25, 0.3) is 5.91 Å². The number of nitrogens with zero attached hydrogens (tertiary/aromatic N) is 2. The molecule has 0 aromatic rings. The lowest BCUT2D eigenvalue weighted by Gasteiger charge is -2.30. The van der Waals surface area contributed by atoms with Crippen LogP contribution in [0.25, 0.3) is 0 Å². The summed E-state index contributed by atoms with van der Waals surface area (Å²) in [5.74, 6) is -0.845. The lowest BCUT2D eigenvalue weighted by molar-refractivity contribution is -0.129. The molecule has 8 heteroatoms. The molecular formula is C17H23N3O4S. The number of hydrogen-bond acceptors (Lipinski definition) is 5. The number of carbonyl (C=O) groups is 2. The Morgan fingerprint density at radius 2 is 2.24 bits per heavy atom. The Labute approximate surface area is 152 Å². The average molecular weight is 365 g/mol. The van der Waals surface area contributed by atoms with Gasteiger partial charge in [-0.3, -0.25) is 14.5 Å². The number of thiocarbonyl (C=S) groups is 1. The van der Waals surface area contributed by atoms with Crippen molar-refractivity contribution < 1.29 is 19.1 Å². The molecule has 0 aromatic heterocycles. The number of fused-ring (bicyclic) bond motifs is 1. The molecule has 2 amide bonds. The molecule has 0 fully saturated rings. The molecule has 0 aromatic carbocycles. The van der Waals surface area contributed by atoms with E-state index in [4.69, 9.17) is 21.7 Å². The predicted octanol–water partition coefficient (Wildman–Crippen LogP) is 0.856. The molecule has 1 atom stereocenters. The topological polar surface area (TPSA) is 80.2 Å².